The van der Waals surface area contributed by atoms with Gasteiger partial charge in [-0.3, -0.25) is 0 Å². The van der Waals surface area contributed by atoms with Crippen LogP contribution < -0.4 is 0 Å². The zero-order valence-electron chi connectivity index (χ0n) is 11.8. The number of alkyl halides is 1. The van der Waals surface area contributed by atoms with Crippen LogP contribution in [0.1, 0.15) is 16.7 Å². The Kier molecular flexibility index (Phi) is 4.69. The third kappa shape index (κ3) is 3.34. The van der Waals surface area contributed by atoms with Crippen molar-refractivity contribution in [1.82, 2.24) is 0 Å². The summed E-state index contributed by atoms with van der Waals surface area (Å²) >= 11 is 3.56. The number of halogens is 1. The molecule has 3 rings (SSSR count). The van der Waals surface area contributed by atoms with E-state index in [9.17, 15) is 0 Å². The van der Waals surface area contributed by atoms with Gasteiger partial charge in [-0.15, -0.1) is 0 Å². The van der Waals surface area contributed by atoms with Gasteiger partial charge in [0.1, 0.15) is 0 Å². The quantitative estimate of drug-likeness (QED) is 0.561. The first-order valence-electron chi connectivity index (χ1n) is 7.05. The Morgan fingerprint density at radius 1 is 0.667 bits per heavy atom. The van der Waals surface area contributed by atoms with Crippen LogP contribution in [0.4, 0.5) is 0 Å². The van der Waals surface area contributed by atoms with E-state index < -0.39 is 0 Å². The lowest BCUT2D eigenvalue weighted by atomic mass is 10.0. The summed E-state index contributed by atoms with van der Waals surface area (Å²) in [6.45, 7) is 1.29. The molecule has 0 saturated carbocycles. The van der Waals surface area contributed by atoms with Crippen LogP contribution in [0.15, 0.2) is 66.7 Å². The molecule has 0 amide bonds. The lowest BCUT2D eigenvalue weighted by molar-refractivity contribution is 0.108. The molecule has 0 aliphatic rings. The number of hydrogen-bond donors (Lipinski definition) is 0. The maximum Gasteiger partial charge on any atom is 0.0727 e. The van der Waals surface area contributed by atoms with E-state index in [0.717, 1.165) is 5.33 Å². The molecule has 0 atom stereocenters. The molecule has 0 unspecified atom stereocenters. The van der Waals surface area contributed by atoms with E-state index in [1.807, 2.05) is 18.2 Å². The Balaban J connectivity index is 1.78. The number of ether oxygens (including phenoxy) is 1. The van der Waals surface area contributed by atoms with Gasteiger partial charge in [-0.2, -0.15) is 0 Å². The third-order valence-corrected chi connectivity index (χ3v) is 4.22. The average Bonchev–Trinajstić information content (AvgIpc) is 2.55. The van der Waals surface area contributed by atoms with Crippen LogP contribution >= 0.6 is 15.9 Å². The first-order chi connectivity index (χ1) is 10.4. The Hall–Kier alpha value is -1.64. The fourth-order valence-corrected chi connectivity index (χ4v) is 3.02. The molecule has 0 aromatic heterocycles. The van der Waals surface area contributed by atoms with Gasteiger partial charge in [0.15, 0.2) is 0 Å². The number of hydrogen-bond acceptors (Lipinski definition) is 1. The summed E-state index contributed by atoms with van der Waals surface area (Å²) in [6, 6.07) is 23.1. The summed E-state index contributed by atoms with van der Waals surface area (Å²) in [5.74, 6) is 0. The molecule has 0 radical (unpaired) electrons. The summed E-state index contributed by atoms with van der Waals surface area (Å²) in [7, 11) is 0. The highest BCUT2D eigenvalue weighted by molar-refractivity contribution is 9.08. The first-order valence-corrected chi connectivity index (χ1v) is 8.18. The Bertz CT molecular complexity index is 722. The van der Waals surface area contributed by atoms with Gasteiger partial charge in [0.25, 0.3) is 0 Å². The minimum Gasteiger partial charge on any atom is -0.372 e. The van der Waals surface area contributed by atoms with Crippen molar-refractivity contribution in [3.8, 4) is 0 Å². The Morgan fingerprint density at radius 2 is 1.33 bits per heavy atom. The van der Waals surface area contributed by atoms with Gasteiger partial charge in [-0.05, 0) is 27.5 Å². The summed E-state index contributed by atoms with van der Waals surface area (Å²) in [4.78, 5) is 0. The van der Waals surface area contributed by atoms with E-state index in [0.29, 0.717) is 13.2 Å². The summed E-state index contributed by atoms with van der Waals surface area (Å²) in [5, 5.41) is 3.45. The molecule has 0 fully saturated rings. The molecule has 3 aromatic carbocycles. The maximum absolute atomic E-state index is 5.88. The first kappa shape index (κ1) is 14.3. The summed E-state index contributed by atoms with van der Waals surface area (Å²) < 4.78 is 5.88. The molecule has 0 aliphatic carbocycles. The second kappa shape index (κ2) is 6.88. The summed E-state index contributed by atoms with van der Waals surface area (Å²) in [6.07, 6.45) is 0. The third-order valence-electron chi connectivity index (χ3n) is 3.62. The van der Waals surface area contributed by atoms with E-state index in [4.69, 9.17) is 4.74 Å². The Morgan fingerprint density at radius 3 is 2.05 bits per heavy atom. The van der Waals surface area contributed by atoms with Crippen molar-refractivity contribution in [2.45, 2.75) is 18.5 Å². The van der Waals surface area contributed by atoms with Gasteiger partial charge >= 0.3 is 0 Å². The van der Waals surface area contributed by atoms with Gasteiger partial charge in [0, 0.05) is 5.33 Å². The molecule has 2 heteroatoms. The molecular formula is C19H17BrO. The normalized spacial score (nSPS) is 10.9. The van der Waals surface area contributed by atoms with E-state index in [2.05, 4.69) is 64.5 Å². The molecule has 0 N–H and O–H groups in total. The smallest absolute Gasteiger partial charge is 0.0727 e. The van der Waals surface area contributed by atoms with E-state index in [-0.39, 0.29) is 0 Å². The van der Waals surface area contributed by atoms with Crippen molar-refractivity contribution in [2.75, 3.05) is 0 Å². The van der Waals surface area contributed by atoms with Crippen molar-refractivity contribution >= 4 is 26.7 Å². The molecule has 0 spiro atoms. The zero-order valence-corrected chi connectivity index (χ0v) is 13.3. The zero-order chi connectivity index (χ0) is 14.5. The van der Waals surface area contributed by atoms with Gasteiger partial charge in [-0.25, -0.2) is 0 Å². The minimum absolute atomic E-state index is 0.637. The fraction of sp³-hybridized carbons (Fsp3) is 0.158. The lowest BCUT2D eigenvalue weighted by Crippen LogP contribution is -1.95. The number of rotatable bonds is 5. The van der Waals surface area contributed by atoms with Gasteiger partial charge in [-0.1, -0.05) is 82.7 Å². The van der Waals surface area contributed by atoms with Crippen molar-refractivity contribution in [1.29, 1.82) is 0 Å². The minimum atomic E-state index is 0.637. The van der Waals surface area contributed by atoms with Gasteiger partial charge < -0.3 is 4.74 Å². The highest BCUT2D eigenvalue weighted by Crippen LogP contribution is 2.24. The topological polar surface area (TPSA) is 9.23 Å². The average molecular weight is 341 g/mol. The molecule has 106 valence electrons. The predicted octanol–water partition coefficient (Wildman–Crippen LogP) is 5.45. The van der Waals surface area contributed by atoms with Crippen LogP contribution in [0.25, 0.3) is 10.8 Å². The van der Waals surface area contributed by atoms with Crippen molar-refractivity contribution in [3.05, 3.63) is 83.4 Å². The van der Waals surface area contributed by atoms with E-state index in [1.54, 1.807) is 0 Å². The standard InChI is InChI=1S/C19H17BrO/c20-12-16-8-4-11-19-17(9-5-10-18(16)19)14-21-13-15-6-2-1-3-7-15/h1-11H,12-14H2. The highest BCUT2D eigenvalue weighted by Gasteiger charge is 2.04. The van der Waals surface area contributed by atoms with Crippen LogP contribution in [0.2, 0.25) is 0 Å². The highest BCUT2D eigenvalue weighted by atomic mass is 79.9. The largest absolute Gasteiger partial charge is 0.372 e. The molecule has 0 saturated heterocycles. The molecule has 0 heterocycles. The molecule has 3 aromatic rings. The van der Waals surface area contributed by atoms with Crippen molar-refractivity contribution < 1.29 is 4.74 Å². The second-order valence-corrected chi connectivity index (χ2v) is 5.60. The van der Waals surface area contributed by atoms with Crippen LogP contribution in [-0.4, -0.2) is 0 Å². The van der Waals surface area contributed by atoms with Crippen LogP contribution in [0.3, 0.4) is 0 Å². The molecule has 0 aliphatic heterocycles. The predicted molar refractivity (Wildman–Crippen MR) is 91.5 cm³/mol. The number of benzene rings is 3. The summed E-state index contributed by atoms with van der Waals surface area (Å²) in [5.41, 5.74) is 3.77. The lowest BCUT2D eigenvalue weighted by Gasteiger charge is -2.10. The van der Waals surface area contributed by atoms with Crippen molar-refractivity contribution in [3.63, 3.8) is 0 Å². The second-order valence-electron chi connectivity index (χ2n) is 5.04. The Labute approximate surface area is 133 Å². The molecule has 21 heavy (non-hydrogen) atoms. The maximum atomic E-state index is 5.88. The van der Waals surface area contributed by atoms with Crippen molar-refractivity contribution in [2.24, 2.45) is 0 Å². The molecule has 0 bridgehead atoms. The van der Waals surface area contributed by atoms with Crippen LogP contribution in [-0.2, 0) is 23.3 Å². The monoisotopic (exact) mass is 340 g/mol. The van der Waals surface area contributed by atoms with E-state index in [1.165, 1.54) is 27.5 Å². The van der Waals surface area contributed by atoms with Crippen LogP contribution in [0, 0.1) is 0 Å². The van der Waals surface area contributed by atoms with E-state index >= 15 is 0 Å². The fourth-order valence-electron chi connectivity index (χ4n) is 2.54. The molecule has 1 nitrogen and oxygen atoms in total. The SMILES string of the molecule is BrCc1cccc2c(COCc3ccccc3)cccc12. The van der Waals surface area contributed by atoms with Crippen LogP contribution in [0.5, 0.6) is 0 Å². The van der Waals surface area contributed by atoms with Gasteiger partial charge in [0.05, 0.1) is 13.2 Å². The number of fused-ring (bicyclic) bond motifs is 1. The molecular weight excluding hydrogens is 324 g/mol. The van der Waals surface area contributed by atoms with Gasteiger partial charge in [0.2, 0.25) is 0 Å².